The Bertz CT molecular complexity index is 759. The van der Waals surface area contributed by atoms with Gasteiger partial charge in [0.2, 0.25) is 11.8 Å². The highest BCUT2D eigenvalue weighted by Crippen LogP contribution is 2.25. The number of hydrogen-bond donors (Lipinski definition) is 1. The normalized spacial score (nSPS) is 11.7. The SMILES string of the molecule is CC(=O)N(CCC(=O)Nc1ccccc1OC(C)C)C(C)c1ccccc1. The first-order valence-electron chi connectivity index (χ1n) is 9.26. The number of rotatable bonds is 8. The number of carbonyl (C=O) groups is 2. The van der Waals surface area contributed by atoms with Gasteiger partial charge in [0.05, 0.1) is 17.8 Å². The Morgan fingerprint density at radius 2 is 1.63 bits per heavy atom. The average Bonchev–Trinajstić information content (AvgIpc) is 2.63. The fourth-order valence-corrected chi connectivity index (χ4v) is 2.90. The molecule has 2 rings (SSSR count). The molecule has 0 aliphatic heterocycles. The first kappa shape index (κ1) is 20.5. The summed E-state index contributed by atoms with van der Waals surface area (Å²) in [4.78, 5) is 26.2. The summed E-state index contributed by atoms with van der Waals surface area (Å²) in [6.45, 7) is 7.73. The van der Waals surface area contributed by atoms with Crippen molar-refractivity contribution in [1.29, 1.82) is 0 Å². The van der Waals surface area contributed by atoms with E-state index in [4.69, 9.17) is 4.74 Å². The molecule has 2 amide bonds. The molecule has 0 bridgehead atoms. The largest absolute Gasteiger partial charge is 0.489 e. The molecule has 5 heteroatoms. The predicted molar refractivity (Wildman–Crippen MR) is 108 cm³/mol. The van der Waals surface area contributed by atoms with Gasteiger partial charge in [0, 0.05) is 19.9 Å². The summed E-state index contributed by atoms with van der Waals surface area (Å²) in [6.07, 6.45) is 0.232. The fraction of sp³-hybridized carbons (Fsp3) is 0.364. The summed E-state index contributed by atoms with van der Waals surface area (Å²) in [7, 11) is 0. The third-order valence-electron chi connectivity index (χ3n) is 4.26. The van der Waals surface area contributed by atoms with Crippen LogP contribution in [0.25, 0.3) is 0 Å². The van der Waals surface area contributed by atoms with Crippen molar-refractivity contribution in [2.45, 2.75) is 46.3 Å². The second-order valence-electron chi connectivity index (χ2n) is 6.76. The molecular formula is C22H28N2O3. The number of amides is 2. The minimum atomic E-state index is -0.152. The Morgan fingerprint density at radius 3 is 2.26 bits per heavy atom. The molecule has 144 valence electrons. The maximum atomic E-state index is 12.4. The molecule has 5 nitrogen and oxygen atoms in total. The van der Waals surface area contributed by atoms with Crippen molar-refractivity contribution in [2.75, 3.05) is 11.9 Å². The minimum Gasteiger partial charge on any atom is -0.489 e. The van der Waals surface area contributed by atoms with Crippen LogP contribution in [0.4, 0.5) is 5.69 Å². The van der Waals surface area contributed by atoms with Crippen LogP contribution >= 0.6 is 0 Å². The van der Waals surface area contributed by atoms with E-state index in [1.165, 1.54) is 6.92 Å². The molecule has 0 saturated heterocycles. The number of carbonyl (C=O) groups excluding carboxylic acids is 2. The van der Waals surface area contributed by atoms with Gasteiger partial charge in [-0.25, -0.2) is 0 Å². The van der Waals surface area contributed by atoms with Crippen LogP contribution in [0.15, 0.2) is 54.6 Å². The van der Waals surface area contributed by atoms with Gasteiger partial charge in [-0.3, -0.25) is 9.59 Å². The van der Waals surface area contributed by atoms with Crippen molar-refractivity contribution >= 4 is 17.5 Å². The number of ether oxygens (including phenoxy) is 1. The Labute approximate surface area is 161 Å². The van der Waals surface area contributed by atoms with E-state index >= 15 is 0 Å². The molecule has 0 radical (unpaired) electrons. The lowest BCUT2D eigenvalue weighted by molar-refractivity contribution is -0.131. The third-order valence-corrected chi connectivity index (χ3v) is 4.26. The zero-order chi connectivity index (χ0) is 19.8. The van der Waals surface area contributed by atoms with Gasteiger partial charge in [-0.15, -0.1) is 0 Å². The van der Waals surface area contributed by atoms with Crippen molar-refractivity contribution in [2.24, 2.45) is 0 Å². The molecule has 0 aromatic heterocycles. The summed E-state index contributed by atoms with van der Waals surface area (Å²) in [5, 5.41) is 2.89. The van der Waals surface area contributed by atoms with Gasteiger partial charge in [0.25, 0.3) is 0 Å². The molecular weight excluding hydrogens is 340 g/mol. The number of anilines is 1. The van der Waals surface area contributed by atoms with Crippen LogP contribution in [0.5, 0.6) is 5.75 Å². The average molecular weight is 368 g/mol. The molecule has 1 unspecified atom stereocenters. The van der Waals surface area contributed by atoms with E-state index in [0.717, 1.165) is 5.56 Å². The van der Waals surface area contributed by atoms with Gasteiger partial charge in [-0.05, 0) is 38.5 Å². The summed E-state index contributed by atoms with van der Waals surface area (Å²) < 4.78 is 5.73. The number of nitrogens with one attached hydrogen (secondary N) is 1. The summed E-state index contributed by atoms with van der Waals surface area (Å²) in [6, 6.07) is 17.1. The molecule has 0 heterocycles. The highest BCUT2D eigenvalue weighted by atomic mass is 16.5. The Balaban J connectivity index is 2.00. The summed E-state index contributed by atoms with van der Waals surface area (Å²) in [5.41, 5.74) is 1.69. The van der Waals surface area contributed by atoms with E-state index in [1.807, 2.05) is 75.4 Å². The highest BCUT2D eigenvalue weighted by molar-refractivity contribution is 5.92. The second kappa shape index (κ2) is 9.76. The molecule has 2 aromatic rings. The molecule has 0 saturated carbocycles. The van der Waals surface area contributed by atoms with E-state index in [0.29, 0.717) is 18.0 Å². The number of benzene rings is 2. The van der Waals surface area contributed by atoms with Crippen LogP contribution in [0.1, 0.15) is 45.7 Å². The predicted octanol–water partition coefficient (Wildman–Crippen LogP) is 4.41. The number of hydrogen-bond acceptors (Lipinski definition) is 3. The quantitative estimate of drug-likeness (QED) is 0.751. The smallest absolute Gasteiger partial charge is 0.226 e. The number of para-hydroxylation sites is 2. The molecule has 0 aliphatic rings. The van der Waals surface area contributed by atoms with Crippen molar-refractivity contribution in [3.8, 4) is 5.75 Å². The maximum absolute atomic E-state index is 12.4. The number of nitrogens with zero attached hydrogens (tertiary/aromatic N) is 1. The zero-order valence-electron chi connectivity index (χ0n) is 16.4. The molecule has 0 fully saturated rings. The van der Waals surface area contributed by atoms with Gasteiger partial charge in [-0.2, -0.15) is 0 Å². The van der Waals surface area contributed by atoms with E-state index in [-0.39, 0.29) is 30.4 Å². The van der Waals surface area contributed by atoms with E-state index in [1.54, 1.807) is 4.90 Å². The standard InChI is InChI=1S/C22H28N2O3/c1-16(2)27-21-13-9-8-12-20(21)23-22(26)14-15-24(18(4)25)17(3)19-10-6-5-7-11-19/h5-13,16-17H,14-15H2,1-4H3,(H,23,26). The van der Waals surface area contributed by atoms with Crippen LogP contribution in [-0.4, -0.2) is 29.4 Å². The first-order valence-corrected chi connectivity index (χ1v) is 9.26. The molecule has 1 N–H and O–H groups in total. The topological polar surface area (TPSA) is 58.6 Å². The van der Waals surface area contributed by atoms with Gasteiger partial charge in [0.1, 0.15) is 5.75 Å². The van der Waals surface area contributed by atoms with Crippen molar-refractivity contribution in [3.05, 3.63) is 60.2 Å². The lowest BCUT2D eigenvalue weighted by Crippen LogP contribution is -2.34. The molecule has 0 spiro atoms. The molecule has 27 heavy (non-hydrogen) atoms. The summed E-state index contributed by atoms with van der Waals surface area (Å²) >= 11 is 0. The monoisotopic (exact) mass is 368 g/mol. The van der Waals surface area contributed by atoms with Crippen molar-refractivity contribution in [3.63, 3.8) is 0 Å². The Morgan fingerprint density at radius 1 is 1.00 bits per heavy atom. The van der Waals surface area contributed by atoms with Crippen LogP contribution in [0.2, 0.25) is 0 Å². The van der Waals surface area contributed by atoms with E-state index in [2.05, 4.69) is 5.32 Å². The Hall–Kier alpha value is -2.82. The van der Waals surface area contributed by atoms with Crippen molar-refractivity contribution in [1.82, 2.24) is 4.90 Å². The van der Waals surface area contributed by atoms with Crippen LogP contribution < -0.4 is 10.1 Å². The highest BCUT2D eigenvalue weighted by Gasteiger charge is 2.19. The Kier molecular flexibility index (Phi) is 7.41. The lowest BCUT2D eigenvalue weighted by atomic mass is 10.1. The van der Waals surface area contributed by atoms with Gasteiger partial charge in [-0.1, -0.05) is 42.5 Å². The van der Waals surface area contributed by atoms with Gasteiger partial charge < -0.3 is 15.0 Å². The van der Waals surface area contributed by atoms with Crippen LogP contribution in [-0.2, 0) is 9.59 Å². The van der Waals surface area contributed by atoms with Gasteiger partial charge >= 0.3 is 0 Å². The third kappa shape index (κ3) is 6.13. The van der Waals surface area contributed by atoms with Crippen LogP contribution in [0.3, 0.4) is 0 Å². The van der Waals surface area contributed by atoms with Gasteiger partial charge in [0.15, 0.2) is 0 Å². The summed E-state index contributed by atoms with van der Waals surface area (Å²) in [5.74, 6) is 0.436. The molecule has 1 atom stereocenters. The fourth-order valence-electron chi connectivity index (χ4n) is 2.90. The molecule has 0 aliphatic carbocycles. The lowest BCUT2D eigenvalue weighted by Gasteiger charge is -2.28. The zero-order valence-corrected chi connectivity index (χ0v) is 16.4. The van der Waals surface area contributed by atoms with Crippen molar-refractivity contribution < 1.29 is 14.3 Å². The minimum absolute atomic E-state index is 0.0166. The van der Waals surface area contributed by atoms with E-state index < -0.39 is 0 Å². The molecule has 2 aromatic carbocycles. The first-order chi connectivity index (χ1) is 12.9. The van der Waals surface area contributed by atoms with E-state index in [9.17, 15) is 9.59 Å². The maximum Gasteiger partial charge on any atom is 0.226 e. The second-order valence-corrected chi connectivity index (χ2v) is 6.76. The van der Waals surface area contributed by atoms with Crippen LogP contribution in [0, 0.1) is 0 Å².